The van der Waals surface area contributed by atoms with Crippen LogP contribution in [0.3, 0.4) is 0 Å². The summed E-state index contributed by atoms with van der Waals surface area (Å²) in [5, 5.41) is 20.7. The van der Waals surface area contributed by atoms with E-state index in [0.29, 0.717) is 29.5 Å². The Balaban J connectivity index is 1.70. The minimum absolute atomic E-state index is 0.150. The van der Waals surface area contributed by atoms with Crippen LogP contribution in [0.1, 0.15) is 69.8 Å². The zero-order valence-corrected chi connectivity index (χ0v) is 19.1. The highest BCUT2D eigenvalue weighted by Gasteiger charge is 2.30. The number of carbonyl (C=O) groups excluding carboxylic acids is 3. The third kappa shape index (κ3) is 5.04. The molecule has 1 aromatic carbocycles. The van der Waals surface area contributed by atoms with Crippen molar-refractivity contribution >= 4 is 23.2 Å². The summed E-state index contributed by atoms with van der Waals surface area (Å²) in [5.74, 6) is -1.42. The second-order valence-electron chi connectivity index (χ2n) is 8.78. The number of rotatable bonds is 9. The summed E-state index contributed by atoms with van der Waals surface area (Å²) in [5.41, 5.74) is 1.43. The number of nitrogens with zero attached hydrogens (tertiary/aromatic N) is 2. The largest absolute Gasteiger partial charge is 0.396 e. The van der Waals surface area contributed by atoms with E-state index in [1.54, 1.807) is 31.5 Å². The van der Waals surface area contributed by atoms with Crippen molar-refractivity contribution in [2.75, 3.05) is 11.9 Å². The number of aliphatic hydroxyl groups excluding tert-OH is 1. The first-order valence-electron chi connectivity index (χ1n) is 11.0. The summed E-state index contributed by atoms with van der Waals surface area (Å²) < 4.78 is 15.1. The Hall–Kier alpha value is -3.31. The molecule has 3 rings (SSSR count). The van der Waals surface area contributed by atoms with Crippen LogP contribution >= 0.6 is 0 Å². The van der Waals surface area contributed by atoms with Crippen molar-refractivity contribution < 1.29 is 23.9 Å². The first kappa shape index (κ1) is 24.3. The van der Waals surface area contributed by atoms with E-state index in [0.717, 1.165) is 25.3 Å². The lowest BCUT2D eigenvalue weighted by Crippen LogP contribution is -2.26. The van der Waals surface area contributed by atoms with Gasteiger partial charge in [-0.25, -0.2) is 4.39 Å². The van der Waals surface area contributed by atoms with Crippen molar-refractivity contribution in [2.45, 2.75) is 46.0 Å². The second-order valence-corrected chi connectivity index (χ2v) is 8.78. The Kier molecular flexibility index (Phi) is 7.44. The first-order chi connectivity index (χ1) is 15.7. The van der Waals surface area contributed by atoms with Gasteiger partial charge in [-0.1, -0.05) is 0 Å². The highest BCUT2D eigenvalue weighted by molar-refractivity contribution is 6.43. The molecule has 0 unspecified atom stereocenters. The maximum atomic E-state index is 13.6. The standard InChI is InChI=1S/C25H28FN3O4/c1-14-22(25(33)28-19-7-8-20(26)18(11-19)12-27)15(2)29(3)23(14)24(32)21(31)6-4-5-16-9-17(10-16)13-30/h7-8,11,16-17,30H,4-6,9-10,13H2,1-3H3,(H,28,33). The van der Waals surface area contributed by atoms with E-state index in [1.165, 1.54) is 12.1 Å². The number of halogens is 1. The van der Waals surface area contributed by atoms with Gasteiger partial charge in [-0.2, -0.15) is 5.26 Å². The lowest BCUT2D eigenvalue weighted by molar-refractivity contribution is -0.115. The van der Waals surface area contributed by atoms with Crippen molar-refractivity contribution in [3.63, 3.8) is 0 Å². The molecule has 0 atom stereocenters. The Morgan fingerprint density at radius 1 is 1.24 bits per heavy atom. The monoisotopic (exact) mass is 453 g/mol. The number of hydrogen-bond donors (Lipinski definition) is 2. The molecule has 0 bridgehead atoms. The van der Waals surface area contributed by atoms with Gasteiger partial charge < -0.3 is 15.0 Å². The molecule has 1 aliphatic carbocycles. The van der Waals surface area contributed by atoms with E-state index in [4.69, 9.17) is 10.4 Å². The smallest absolute Gasteiger partial charge is 0.257 e. The molecule has 1 heterocycles. The molecule has 1 fully saturated rings. The van der Waals surface area contributed by atoms with E-state index in [-0.39, 0.29) is 35.5 Å². The molecule has 1 amide bonds. The maximum Gasteiger partial charge on any atom is 0.257 e. The number of nitrogens with one attached hydrogen (secondary N) is 1. The normalized spacial score (nSPS) is 17.2. The summed E-state index contributed by atoms with van der Waals surface area (Å²) in [6.07, 6.45) is 3.57. The van der Waals surface area contributed by atoms with Crippen LogP contribution in [-0.2, 0) is 11.8 Å². The van der Waals surface area contributed by atoms with Crippen LogP contribution in [0.25, 0.3) is 0 Å². The predicted octanol–water partition coefficient (Wildman–Crippen LogP) is 3.85. The lowest BCUT2D eigenvalue weighted by atomic mass is 9.73. The van der Waals surface area contributed by atoms with Gasteiger partial charge in [0, 0.05) is 31.5 Å². The number of ketones is 2. The van der Waals surface area contributed by atoms with E-state index in [9.17, 15) is 18.8 Å². The molecule has 7 nitrogen and oxygen atoms in total. The fourth-order valence-electron chi connectivity index (χ4n) is 4.57. The molecule has 2 N–H and O–H groups in total. The van der Waals surface area contributed by atoms with E-state index in [2.05, 4.69) is 5.32 Å². The molecule has 33 heavy (non-hydrogen) atoms. The van der Waals surface area contributed by atoms with Gasteiger partial charge in [0.05, 0.1) is 16.8 Å². The van der Waals surface area contributed by atoms with Crippen LogP contribution in [0.4, 0.5) is 10.1 Å². The average Bonchev–Trinajstić information content (AvgIpc) is 2.98. The van der Waals surface area contributed by atoms with Crippen LogP contribution < -0.4 is 5.32 Å². The van der Waals surface area contributed by atoms with Gasteiger partial charge in [-0.05, 0) is 75.1 Å². The predicted molar refractivity (Wildman–Crippen MR) is 120 cm³/mol. The molecule has 1 aromatic heterocycles. The number of amides is 1. The lowest BCUT2D eigenvalue weighted by Gasteiger charge is -2.34. The zero-order valence-electron chi connectivity index (χ0n) is 19.1. The first-order valence-corrected chi connectivity index (χ1v) is 11.0. The highest BCUT2D eigenvalue weighted by Crippen LogP contribution is 2.36. The third-order valence-corrected chi connectivity index (χ3v) is 6.58. The number of aromatic nitrogens is 1. The average molecular weight is 454 g/mol. The Labute approximate surface area is 192 Å². The summed E-state index contributed by atoms with van der Waals surface area (Å²) in [6, 6.07) is 5.41. The van der Waals surface area contributed by atoms with Gasteiger partial charge in [0.1, 0.15) is 11.9 Å². The van der Waals surface area contributed by atoms with Crippen molar-refractivity contribution in [3.05, 3.63) is 52.1 Å². The topological polar surface area (TPSA) is 112 Å². The molecule has 1 saturated carbocycles. The maximum absolute atomic E-state index is 13.6. The van der Waals surface area contributed by atoms with Crippen LogP contribution in [0.2, 0.25) is 0 Å². The van der Waals surface area contributed by atoms with Crippen LogP contribution in [-0.4, -0.2) is 33.8 Å². The molecule has 174 valence electrons. The Morgan fingerprint density at radius 2 is 1.94 bits per heavy atom. The van der Waals surface area contributed by atoms with Crippen molar-refractivity contribution in [1.29, 1.82) is 5.26 Å². The van der Waals surface area contributed by atoms with Gasteiger partial charge in [0.25, 0.3) is 5.91 Å². The zero-order chi connectivity index (χ0) is 24.3. The molecular formula is C25H28FN3O4. The van der Waals surface area contributed by atoms with E-state index >= 15 is 0 Å². The van der Waals surface area contributed by atoms with Gasteiger partial charge >= 0.3 is 0 Å². The number of nitriles is 1. The Bertz CT molecular complexity index is 1140. The number of benzene rings is 1. The van der Waals surface area contributed by atoms with Gasteiger partial charge in [-0.15, -0.1) is 0 Å². The highest BCUT2D eigenvalue weighted by atomic mass is 19.1. The van der Waals surface area contributed by atoms with Crippen LogP contribution in [0.15, 0.2) is 18.2 Å². The molecule has 1 aliphatic rings. The van der Waals surface area contributed by atoms with Crippen molar-refractivity contribution in [2.24, 2.45) is 18.9 Å². The van der Waals surface area contributed by atoms with Crippen molar-refractivity contribution in [3.8, 4) is 6.07 Å². The summed E-state index contributed by atoms with van der Waals surface area (Å²) in [6.45, 7) is 3.51. The van der Waals surface area contributed by atoms with E-state index < -0.39 is 23.3 Å². The number of carbonyl (C=O) groups is 3. The van der Waals surface area contributed by atoms with Crippen molar-refractivity contribution in [1.82, 2.24) is 4.57 Å². The fourth-order valence-corrected chi connectivity index (χ4v) is 4.57. The van der Waals surface area contributed by atoms with Crippen LogP contribution in [0.5, 0.6) is 0 Å². The molecule has 2 aromatic rings. The molecular weight excluding hydrogens is 425 g/mol. The molecule has 0 aliphatic heterocycles. The van der Waals surface area contributed by atoms with E-state index in [1.807, 2.05) is 0 Å². The number of aliphatic hydroxyl groups is 1. The quantitative estimate of drug-likeness (QED) is 0.442. The summed E-state index contributed by atoms with van der Waals surface area (Å²) in [4.78, 5) is 38.4. The minimum Gasteiger partial charge on any atom is -0.396 e. The summed E-state index contributed by atoms with van der Waals surface area (Å²) >= 11 is 0. The third-order valence-electron chi connectivity index (χ3n) is 6.58. The van der Waals surface area contributed by atoms with Gasteiger partial charge in [-0.3, -0.25) is 14.4 Å². The van der Waals surface area contributed by atoms with Crippen LogP contribution in [0, 0.1) is 42.8 Å². The molecule has 0 saturated heterocycles. The molecule has 0 spiro atoms. The number of anilines is 1. The second kappa shape index (κ2) is 10.1. The van der Waals surface area contributed by atoms with Gasteiger partial charge in [0.15, 0.2) is 0 Å². The SMILES string of the molecule is Cc1c(C(=O)Nc2ccc(F)c(C#N)c2)c(C)n(C)c1C(=O)C(=O)CCCC1CC(CO)C1. The number of Topliss-reactive ketones (excluding diaryl/α,β-unsaturated/α-hetero) is 2. The number of hydrogen-bond acceptors (Lipinski definition) is 5. The fraction of sp³-hybridized carbons (Fsp3) is 0.440. The summed E-state index contributed by atoms with van der Waals surface area (Å²) in [7, 11) is 1.63. The van der Waals surface area contributed by atoms with Gasteiger partial charge in [0.2, 0.25) is 11.6 Å². The minimum atomic E-state index is -0.681. The Morgan fingerprint density at radius 3 is 2.58 bits per heavy atom. The molecule has 0 radical (unpaired) electrons. The molecule has 8 heteroatoms.